The molecule has 0 heterocycles. The minimum atomic E-state index is -3.68. The molecule has 1 N–H and O–H groups in total. The van der Waals surface area contributed by atoms with Crippen LogP contribution in [0.15, 0.2) is 47.4 Å². The van der Waals surface area contributed by atoms with E-state index >= 15 is 0 Å². The van der Waals surface area contributed by atoms with Gasteiger partial charge in [0.2, 0.25) is 15.9 Å². The maximum atomic E-state index is 12.4. The van der Waals surface area contributed by atoms with Crippen molar-refractivity contribution in [3.05, 3.63) is 42.5 Å². The van der Waals surface area contributed by atoms with Gasteiger partial charge < -0.3 is 10.1 Å². The van der Waals surface area contributed by atoms with Crippen LogP contribution in [0, 0.1) is 0 Å². The van der Waals surface area contributed by atoms with Gasteiger partial charge in [-0.1, -0.05) is 18.2 Å². The highest BCUT2D eigenvalue weighted by Gasteiger charge is 2.23. The summed E-state index contributed by atoms with van der Waals surface area (Å²) in [5.41, 5.74) is 0.379. The minimum absolute atomic E-state index is 0.0135. The largest absolute Gasteiger partial charge is 0.492 e. The quantitative estimate of drug-likeness (QED) is 0.612. The Hall–Kier alpha value is -2.12. The molecule has 6 nitrogen and oxygen atoms in total. The number of rotatable bonds is 7. The maximum Gasteiger partial charge on any atom is 0.248 e. The van der Waals surface area contributed by atoms with Gasteiger partial charge >= 0.3 is 0 Å². The van der Waals surface area contributed by atoms with E-state index in [1.165, 1.54) is 32.3 Å². The van der Waals surface area contributed by atoms with Crippen molar-refractivity contribution in [2.45, 2.75) is 18.7 Å². The van der Waals surface area contributed by atoms with E-state index in [2.05, 4.69) is 5.32 Å². The average Bonchev–Trinajstić information content (AvgIpc) is 2.49. The Labute approximate surface area is 137 Å². The van der Waals surface area contributed by atoms with Crippen LogP contribution in [0.1, 0.15) is 13.8 Å². The number of anilines is 1. The second kappa shape index (κ2) is 8.50. The van der Waals surface area contributed by atoms with Crippen molar-refractivity contribution in [1.29, 1.82) is 0 Å². The predicted octanol–water partition coefficient (Wildman–Crippen LogP) is 2.41. The molecule has 0 atom stereocenters. The molecular weight excluding hydrogens is 316 g/mol. The molecule has 0 radical (unpaired) electrons. The van der Waals surface area contributed by atoms with Gasteiger partial charge in [-0.15, -0.1) is 0 Å². The van der Waals surface area contributed by atoms with Gasteiger partial charge in [0.15, 0.2) is 0 Å². The van der Waals surface area contributed by atoms with Crippen molar-refractivity contribution in [2.24, 2.45) is 0 Å². The Morgan fingerprint density at radius 2 is 2.00 bits per heavy atom. The summed E-state index contributed by atoms with van der Waals surface area (Å²) >= 11 is 0. The van der Waals surface area contributed by atoms with Gasteiger partial charge in [0.05, 0.1) is 6.61 Å². The highest BCUT2D eigenvalue weighted by Crippen LogP contribution is 2.29. The first-order valence-electron chi connectivity index (χ1n) is 7.12. The molecule has 1 aromatic rings. The lowest BCUT2D eigenvalue weighted by Crippen LogP contribution is -2.23. The van der Waals surface area contributed by atoms with Crippen LogP contribution in [0.5, 0.6) is 5.75 Å². The van der Waals surface area contributed by atoms with Gasteiger partial charge in [-0.3, -0.25) is 4.79 Å². The van der Waals surface area contributed by atoms with Gasteiger partial charge in [0.1, 0.15) is 10.6 Å². The first kappa shape index (κ1) is 18.9. The van der Waals surface area contributed by atoms with E-state index in [-0.39, 0.29) is 16.6 Å². The third-order valence-corrected chi connectivity index (χ3v) is 4.66. The zero-order valence-corrected chi connectivity index (χ0v) is 14.6. The number of carbonyl (C=O) groups is 1. The van der Waals surface area contributed by atoms with E-state index in [4.69, 9.17) is 4.74 Å². The highest BCUT2D eigenvalue weighted by atomic mass is 32.2. The second-order valence-electron chi connectivity index (χ2n) is 4.76. The Bertz CT molecular complexity index is 707. The molecule has 0 spiro atoms. The molecule has 7 heteroatoms. The fraction of sp³-hybridized carbons (Fsp3) is 0.312. The summed E-state index contributed by atoms with van der Waals surface area (Å²) in [6.45, 7) is 3.95. The number of amides is 1. The molecular formula is C16H22N2O4S. The average molecular weight is 338 g/mol. The number of carbonyl (C=O) groups excluding carboxylic acids is 1. The van der Waals surface area contributed by atoms with Crippen LogP contribution >= 0.6 is 0 Å². The van der Waals surface area contributed by atoms with Crippen LogP contribution < -0.4 is 10.1 Å². The number of sulfonamides is 1. The number of hydrogen-bond donors (Lipinski definition) is 1. The monoisotopic (exact) mass is 338 g/mol. The Balaban J connectivity index is 3.16. The summed E-state index contributed by atoms with van der Waals surface area (Å²) in [6, 6.07) is 4.52. The fourth-order valence-electron chi connectivity index (χ4n) is 1.70. The number of nitrogens with zero attached hydrogens (tertiary/aromatic N) is 1. The molecule has 0 aliphatic carbocycles. The summed E-state index contributed by atoms with van der Waals surface area (Å²) in [4.78, 5) is 11.8. The van der Waals surface area contributed by atoms with Crippen molar-refractivity contribution in [2.75, 3.05) is 26.0 Å². The molecule has 1 amide bonds. The van der Waals surface area contributed by atoms with Gasteiger partial charge in [-0.05, 0) is 32.0 Å². The van der Waals surface area contributed by atoms with Gasteiger partial charge in [-0.2, -0.15) is 0 Å². The van der Waals surface area contributed by atoms with Crippen molar-refractivity contribution < 1.29 is 17.9 Å². The number of nitrogens with one attached hydrogen (secondary N) is 1. The second-order valence-corrected chi connectivity index (χ2v) is 6.88. The number of benzene rings is 1. The predicted molar refractivity (Wildman–Crippen MR) is 91.1 cm³/mol. The van der Waals surface area contributed by atoms with E-state index in [9.17, 15) is 13.2 Å². The zero-order chi connectivity index (χ0) is 17.5. The molecule has 0 aliphatic heterocycles. The summed E-state index contributed by atoms with van der Waals surface area (Å²) in [6.07, 6.45) is 6.47. The first-order valence-corrected chi connectivity index (χ1v) is 8.56. The van der Waals surface area contributed by atoms with Crippen molar-refractivity contribution in [3.8, 4) is 5.75 Å². The molecule has 0 saturated heterocycles. The summed E-state index contributed by atoms with van der Waals surface area (Å²) in [5, 5.41) is 2.62. The van der Waals surface area contributed by atoms with Crippen LogP contribution in [0.25, 0.3) is 0 Å². The molecule has 0 aliphatic rings. The van der Waals surface area contributed by atoms with E-state index in [1.54, 1.807) is 31.2 Å². The molecule has 23 heavy (non-hydrogen) atoms. The van der Waals surface area contributed by atoms with Crippen LogP contribution in [-0.2, 0) is 14.8 Å². The molecule has 0 unspecified atom stereocenters. The maximum absolute atomic E-state index is 12.4. The van der Waals surface area contributed by atoms with E-state index in [0.717, 1.165) is 4.31 Å². The van der Waals surface area contributed by atoms with Crippen LogP contribution in [0.4, 0.5) is 5.69 Å². The molecule has 0 aromatic heterocycles. The van der Waals surface area contributed by atoms with Crippen LogP contribution in [0.3, 0.4) is 0 Å². The smallest absolute Gasteiger partial charge is 0.248 e. The van der Waals surface area contributed by atoms with Gasteiger partial charge in [0.25, 0.3) is 0 Å². The molecule has 1 aromatic carbocycles. The standard InChI is InChI=1S/C16H22N2O4S/c1-5-7-8-9-16(19)17-13-10-11-14(22-6-2)15(12-13)23(20,21)18(3)4/h5,7-12H,6H2,1-4H3,(H,17,19). The number of ether oxygens (including phenoxy) is 1. The minimum Gasteiger partial charge on any atom is -0.492 e. The molecule has 0 bridgehead atoms. The summed E-state index contributed by atoms with van der Waals surface area (Å²) < 4.78 is 31.2. The van der Waals surface area contributed by atoms with E-state index in [0.29, 0.717) is 12.3 Å². The Morgan fingerprint density at radius 3 is 2.57 bits per heavy atom. The van der Waals surface area contributed by atoms with Gasteiger partial charge in [-0.25, -0.2) is 12.7 Å². The van der Waals surface area contributed by atoms with E-state index < -0.39 is 10.0 Å². The lowest BCUT2D eigenvalue weighted by Gasteiger charge is -2.16. The Kier molecular flexibility index (Phi) is 6.99. The molecule has 0 saturated carbocycles. The van der Waals surface area contributed by atoms with Crippen LogP contribution in [0.2, 0.25) is 0 Å². The van der Waals surface area contributed by atoms with Crippen LogP contribution in [-0.4, -0.2) is 39.3 Å². The fourth-order valence-corrected chi connectivity index (χ4v) is 2.75. The number of hydrogen-bond acceptors (Lipinski definition) is 4. The van der Waals surface area contributed by atoms with Crippen molar-refractivity contribution >= 4 is 21.6 Å². The van der Waals surface area contributed by atoms with Crippen molar-refractivity contribution in [3.63, 3.8) is 0 Å². The number of allylic oxidation sites excluding steroid dienone is 3. The third kappa shape index (κ3) is 5.22. The highest BCUT2D eigenvalue weighted by molar-refractivity contribution is 7.89. The summed E-state index contributed by atoms with van der Waals surface area (Å²) in [5.74, 6) is -0.0934. The van der Waals surface area contributed by atoms with Crippen molar-refractivity contribution in [1.82, 2.24) is 4.31 Å². The van der Waals surface area contributed by atoms with Gasteiger partial charge in [0, 0.05) is 25.9 Å². The van der Waals surface area contributed by atoms with E-state index in [1.807, 2.05) is 6.92 Å². The molecule has 1 rings (SSSR count). The molecule has 126 valence electrons. The lowest BCUT2D eigenvalue weighted by molar-refractivity contribution is -0.111. The Morgan fingerprint density at radius 1 is 1.30 bits per heavy atom. The summed E-state index contributed by atoms with van der Waals surface area (Å²) in [7, 11) is -0.800. The molecule has 0 fully saturated rings. The first-order chi connectivity index (χ1) is 10.8. The SMILES string of the molecule is CC=CC=CC(=O)Nc1ccc(OCC)c(S(=O)(=O)N(C)C)c1. The third-order valence-electron chi connectivity index (χ3n) is 2.82. The lowest BCUT2D eigenvalue weighted by atomic mass is 10.3. The zero-order valence-electron chi connectivity index (χ0n) is 13.7. The normalized spacial score (nSPS) is 12.2. The topological polar surface area (TPSA) is 75.7 Å².